The minimum absolute atomic E-state index is 0.126. The van der Waals surface area contributed by atoms with E-state index >= 15 is 0 Å². The first-order chi connectivity index (χ1) is 18.8. The van der Waals surface area contributed by atoms with Crippen LogP contribution in [0.25, 0.3) is 0 Å². The van der Waals surface area contributed by atoms with E-state index < -0.39 is 23.8 Å². The Balaban J connectivity index is 1.87. The van der Waals surface area contributed by atoms with Crippen molar-refractivity contribution in [1.29, 1.82) is 0 Å². The molecule has 3 rings (SSSR count). The van der Waals surface area contributed by atoms with Crippen LogP contribution in [0.1, 0.15) is 41.8 Å². The van der Waals surface area contributed by atoms with Crippen molar-refractivity contribution in [2.45, 2.75) is 39.5 Å². The zero-order chi connectivity index (χ0) is 28.2. The molecule has 2 aromatic carbocycles. The molecule has 0 spiro atoms. The normalized spacial score (nSPS) is 11.5. The van der Waals surface area contributed by atoms with Crippen LogP contribution in [0.3, 0.4) is 0 Å². The molecule has 1 aromatic heterocycles. The molecule has 3 amide bonds. The SMILES string of the molecule is CCCOc1ccc(C(C(=O)NCCOCc2ccccc2)N(Cc2ncccc2Br)C(=O)C(N)=O)c(C)c1. The predicted octanol–water partition coefficient (Wildman–Crippen LogP) is 3.83. The first-order valence-electron chi connectivity index (χ1n) is 12.6. The Morgan fingerprint density at radius 3 is 2.51 bits per heavy atom. The minimum atomic E-state index is -1.17. The Morgan fingerprint density at radius 2 is 1.85 bits per heavy atom. The maximum absolute atomic E-state index is 13.7. The molecule has 9 nitrogen and oxygen atoms in total. The van der Waals surface area contributed by atoms with Gasteiger partial charge in [0.05, 0.1) is 32.1 Å². The van der Waals surface area contributed by atoms with Crippen molar-refractivity contribution in [2.24, 2.45) is 5.73 Å². The fourth-order valence-corrected chi connectivity index (χ4v) is 4.32. The Morgan fingerprint density at radius 1 is 1.08 bits per heavy atom. The summed E-state index contributed by atoms with van der Waals surface area (Å²) >= 11 is 3.43. The number of aryl methyl sites for hydroxylation is 1. The number of aromatic nitrogens is 1. The van der Waals surface area contributed by atoms with Crippen molar-refractivity contribution in [1.82, 2.24) is 15.2 Å². The number of halogens is 1. The molecule has 39 heavy (non-hydrogen) atoms. The monoisotopic (exact) mass is 596 g/mol. The number of rotatable bonds is 13. The van der Waals surface area contributed by atoms with Crippen LogP contribution in [0.4, 0.5) is 0 Å². The summed E-state index contributed by atoms with van der Waals surface area (Å²) in [5.74, 6) is -2.01. The van der Waals surface area contributed by atoms with Gasteiger partial charge in [-0.05, 0) is 70.2 Å². The van der Waals surface area contributed by atoms with Crippen LogP contribution < -0.4 is 15.8 Å². The number of nitrogens with zero attached hydrogens (tertiary/aromatic N) is 2. The molecule has 0 aliphatic carbocycles. The molecule has 10 heteroatoms. The number of hydrogen-bond acceptors (Lipinski definition) is 6. The zero-order valence-electron chi connectivity index (χ0n) is 22.1. The average molecular weight is 598 g/mol. The molecule has 3 aromatic rings. The van der Waals surface area contributed by atoms with Crippen molar-refractivity contribution >= 4 is 33.7 Å². The summed E-state index contributed by atoms with van der Waals surface area (Å²) in [5.41, 5.74) is 8.15. The van der Waals surface area contributed by atoms with E-state index in [-0.39, 0.29) is 19.7 Å². The van der Waals surface area contributed by atoms with Crippen molar-refractivity contribution in [3.8, 4) is 5.75 Å². The molecular formula is C29H33BrN4O5. The van der Waals surface area contributed by atoms with Gasteiger partial charge in [-0.3, -0.25) is 19.4 Å². The van der Waals surface area contributed by atoms with Gasteiger partial charge in [-0.25, -0.2) is 0 Å². The van der Waals surface area contributed by atoms with Gasteiger partial charge in [0.15, 0.2) is 0 Å². The molecule has 3 N–H and O–H groups in total. The van der Waals surface area contributed by atoms with Crippen LogP contribution in [0, 0.1) is 6.92 Å². The molecule has 1 atom stereocenters. The number of amides is 3. The summed E-state index contributed by atoms with van der Waals surface area (Å²) in [6.07, 6.45) is 2.41. The van der Waals surface area contributed by atoms with E-state index in [9.17, 15) is 14.4 Å². The zero-order valence-corrected chi connectivity index (χ0v) is 23.6. The van der Waals surface area contributed by atoms with Crippen molar-refractivity contribution in [3.05, 3.63) is 93.7 Å². The minimum Gasteiger partial charge on any atom is -0.494 e. The topological polar surface area (TPSA) is 124 Å². The van der Waals surface area contributed by atoms with Crippen molar-refractivity contribution < 1.29 is 23.9 Å². The van der Waals surface area contributed by atoms with Gasteiger partial charge in [0.1, 0.15) is 11.8 Å². The number of primary amides is 1. The van der Waals surface area contributed by atoms with Crippen LogP contribution in [-0.2, 0) is 32.3 Å². The van der Waals surface area contributed by atoms with Gasteiger partial charge >= 0.3 is 11.8 Å². The number of carbonyl (C=O) groups is 3. The van der Waals surface area contributed by atoms with Gasteiger partial charge in [0, 0.05) is 17.2 Å². The molecule has 1 unspecified atom stereocenters. The molecule has 0 aliphatic heterocycles. The fraction of sp³-hybridized carbons (Fsp3) is 0.310. The lowest BCUT2D eigenvalue weighted by molar-refractivity contribution is -0.149. The second-order valence-electron chi connectivity index (χ2n) is 8.83. The number of ether oxygens (including phenoxy) is 2. The molecule has 0 saturated carbocycles. The molecule has 0 bridgehead atoms. The molecule has 0 radical (unpaired) electrons. The van der Waals surface area contributed by atoms with Crippen molar-refractivity contribution in [3.63, 3.8) is 0 Å². The summed E-state index contributed by atoms with van der Waals surface area (Å²) in [6.45, 7) is 5.11. The van der Waals surface area contributed by atoms with E-state index in [1.54, 1.807) is 36.5 Å². The Hall–Kier alpha value is -3.76. The van der Waals surface area contributed by atoms with Gasteiger partial charge in [0.2, 0.25) is 5.91 Å². The Labute approximate surface area is 236 Å². The third kappa shape index (κ3) is 8.62. The number of hydrogen-bond donors (Lipinski definition) is 2. The summed E-state index contributed by atoms with van der Waals surface area (Å²) in [5, 5.41) is 2.84. The van der Waals surface area contributed by atoms with E-state index in [1.165, 1.54) is 0 Å². The second-order valence-corrected chi connectivity index (χ2v) is 9.68. The average Bonchev–Trinajstić information content (AvgIpc) is 2.93. The van der Waals surface area contributed by atoms with E-state index in [1.807, 2.05) is 44.2 Å². The molecule has 0 aliphatic rings. The highest BCUT2D eigenvalue weighted by atomic mass is 79.9. The van der Waals surface area contributed by atoms with Crippen LogP contribution in [0.5, 0.6) is 5.75 Å². The smallest absolute Gasteiger partial charge is 0.312 e. The van der Waals surface area contributed by atoms with Gasteiger partial charge in [-0.1, -0.05) is 43.3 Å². The Kier molecular flexibility index (Phi) is 11.4. The first-order valence-corrected chi connectivity index (χ1v) is 13.4. The summed E-state index contributed by atoms with van der Waals surface area (Å²) in [7, 11) is 0. The standard InChI is InChI=1S/C29H33BrN4O5/c1-3-15-39-22-11-12-23(20(2)17-22)26(28(36)33-14-16-38-19-21-8-5-4-6-9-21)34(29(37)27(31)35)18-25-24(30)10-7-13-32-25/h4-13,17,26H,3,14-16,18-19H2,1-2H3,(H2,31,35)(H,33,36). The van der Waals surface area contributed by atoms with E-state index in [4.69, 9.17) is 15.2 Å². The van der Waals surface area contributed by atoms with Crippen LogP contribution >= 0.6 is 15.9 Å². The molecule has 206 valence electrons. The van der Waals surface area contributed by atoms with Gasteiger partial charge in [-0.2, -0.15) is 0 Å². The lowest BCUT2D eigenvalue weighted by atomic mass is 9.98. The van der Waals surface area contributed by atoms with Gasteiger partial charge in [-0.15, -0.1) is 0 Å². The predicted molar refractivity (Wildman–Crippen MR) is 150 cm³/mol. The quantitative estimate of drug-likeness (QED) is 0.228. The Bertz CT molecular complexity index is 1270. The van der Waals surface area contributed by atoms with Crippen molar-refractivity contribution in [2.75, 3.05) is 19.8 Å². The fourth-order valence-electron chi connectivity index (χ4n) is 3.94. The lowest BCUT2D eigenvalue weighted by Gasteiger charge is -2.31. The number of nitrogens with one attached hydrogen (secondary N) is 1. The third-order valence-corrected chi connectivity index (χ3v) is 6.57. The highest BCUT2D eigenvalue weighted by Crippen LogP contribution is 2.30. The largest absolute Gasteiger partial charge is 0.494 e. The van der Waals surface area contributed by atoms with E-state index in [0.717, 1.165) is 16.9 Å². The maximum Gasteiger partial charge on any atom is 0.312 e. The summed E-state index contributed by atoms with van der Waals surface area (Å²) in [6, 6.07) is 17.3. The lowest BCUT2D eigenvalue weighted by Crippen LogP contribution is -2.48. The van der Waals surface area contributed by atoms with E-state index in [0.29, 0.717) is 40.3 Å². The number of pyridine rings is 1. The van der Waals surface area contributed by atoms with E-state index in [2.05, 4.69) is 26.2 Å². The van der Waals surface area contributed by atoms with Gasteiger partial charge < -0.3 is 25.4 Å². The van der Waals surface area contributed by atoms with Crippen LogP contribution in [-0.4, -0.2) is 47.4 Å². The summed E-state index contributed by atoms with van der Waals surface area (Å²) < 4.78 is 12.0. The molecular weight excluding hydrogens is 564 g/mol. The second kappa shape index (κ2) is 15.0. The highest BCUT2D eigenvalue weighted by molar-refractivity contribution is 9.10. The maximum atomic E-state index is 13.7. The van der Waals surface area contributed by atoms with Crippen LogP contribution in [0.2, 0.25) is 0 Å². The molecule has 0 fully saturated rings. The first kappa shape index (κ1) is 29.8. The molecule has 0 saturated heterocycles. The summed E-state index contributed by atoms with van der Waals surface area (Å²) in [4.78, 5) is 44.3. The van der Waals surface area contributed by atoms with Crippen LogP contribution in [0.15, 0.2) is 71.3 Å². The highest BCUT2D eigenvalue weighted by Gasteiger charge is 2.35. The van der Waals surface area contributed by atoms with Gasteiger partial charge in [0.25, 0.3) is 0 Å². The number of nitrogens with two attached hydrogens (primary N) is 1. The number of carbonyl (C=O) groups excluding carboxylic acids is 3. The molecule has 1 heterocycles. The third-order valence-electron chi connectivity index (χ3n) is 5.85. The number of benzene rings is 2.